The molecule has 2 N–H and O–H groups in total. The molecule has 86 valence electrons. The van der Waals surface area contributed by atoms with E-state index < -0.39 is 0 Å². The van der Waals surface area contributed by atoms with Gasteiger partial charge >= 0.3 is 0 Å². The first-order valence-electron chi connectivity index (χ1n) is 5.42. The Morgan fingerprint density at radius 3 is 2.60 bits per heavy atom. The molecule has 0 bridgehead atoms. The maximum absolute atomic E-state index is 5.41. The van der Waals surface area contributed by atoms with Crippen molar-refractivity contribution in [2.24, 2.45) is 0 Å². The van der Waals surface area contributed by atoms with E-state index in [9.17, 15) is 0 Å². The van der Waals surface area contributed by atoms with Gasteiger partial charge in [-0.05, 0) is 25.5 Å². The first kappa shape index (κ1) is 12.2. The van der Waals surface area contributed by atoms with E-state index in [0.29, 0.717) is 19.8 Å². The monoisotopic (exact) mass is 212 g/mol. The van der Waals surface area contributed by atoms with E-state index in [0.717, 1.165) is 6.54 Å². The zero-order valence-electron chi connectivity index (χ0n) is 9.45. The molecule has 4 heteroatoms. The molecule has 0 unspecified atom stereocenters. The number of hydrogen-bond acceptors (Lipinski definition) is 3. The van der Waals surface area contributed by atoms with E-state index in [1.54, 1.807) is 0 Å². The summed E-state index contributed by atoms with van der Waals surface area (Å²) in [5.41, 5.74) is 1.24. The van der Waals surface area contributed by atoms with Gasteiger partial charge in [0, 0.05) is 38.7 Å². The summed E-state index contributed by atoms with van der Waals surface area (Å²) >= 11 is 0. The van der Waals surface area contributed by atoms with Crippen molar-refractivity contribution in [1.29, 1.82) is 0 Å². The quantitative estimate of drug-likeness (QED) is 0.642. The van der Waals surface area contributed by atoms with Crippen LogP contribution in [0, 0.1) is 0 Å². The molecule has 1 aromatic rings. The van der Waals surface area contributed by atoms with Crippen LogP contribution in [0.25, 0.3) is 0 Å². The molecule has 0 atom stereocenters. The fraction of sp³-hybridized carbons (Fsp3) is 0.636. The molecule has 0 saturated carbocycles. The number of H-pyrrole nitrogens is 1. The van der Waals surface area contributed by atoms with Gasteiger partial charge in [0.1, 0.15) is 0 Å². The number of aromatic amines is 1. The lowest BCUT2D eigenvalue weighted by atomic mass is 10.3. The van der Waals surface area contributed by atoms with Crippen LogP contribution < -0.4 is 5.32 Å². The Kier molecular flexibility index (Phi) is 6.08. The molecule has 0 amide bonds. The lowest BCUT2D eigenvalue weighted by Crippen LogP contribution is -2.31. The van der Waals surface area contributed by atoms with E-state index in [1.807, 2.05) is 32.3 Å². The third-order valence-corrected chi connectivity index (χ3v) is 2.01. The number of nitrogens with one attached hydrogen (secondary N) is 2. The summed E-state index contributed by atoms with van der Waals surface area (Å²) in [6, 6.07) is 2.05. The smallest absolute Gasteiger partial charge is 0.169 e. The van der Waals surface area contributed by atoms with E-state index in [-0.39, 0.29) is 6.29 Å². The molecule has 0 spiro atoms. The molecule has 4 nitrogen and oxygen atoms in total. The topological polar surface area (TPSA) is 46.3 Å². The molecular weight excluding hydrogens is 192 g/mol. The van der Waals surface area contributed by atoms with Gasteiger partial charge < -0.3 is 19.8 Å². The second-order valence-corrected chi connectivity index (χ2v) is 3.19. The molecule has 0 aliphatic heterocycles. The zero-order valence-corrected chi connectivity index (χ0v) is 9.45. The molecular formula is C11H20N2O2. The maximum Gasteiger partial charge on any atom is 0.169 e. The van der Waals surface area contributed by atoms with Gasteiger partial charge in [0.25, 0.3) is 0 Å². The summed E-state index contributed by atoms with van der Waals surface area (Å²) < 4.78 is 10.8. The molecule has 0 aromatic carbocycles. The average molecular weight is 212 g/mol. The van der Waals surface area contributed by atoms with Gasteiger partial charge in [-0.3, -0.25) is 0 Å². The third-order valence-electron chi connectivity index (χ3n) is 2.01. The van der Waals surface area contributed by atoms with Crippen molar-refractivity contribution in [3.8, 4) is 0 Å². The highest BCUT2D eigenvalue weighted by molar-refractivity contribution is 5.07. The van der Waals surface area contributed by atoms with Crippen molar-refractivity contribution in [1.82, 2.24) is 10.3 Å². The van der Waals surface area contributed by atoms with Gasteiger partial charge in [-0.15, -0.1) is 0 Å². The van der Waals surface area contributed by atoms with Crippen molar-refractivity contribution in [2.75, 3.05) is 19.8 Å². The second kappa shape index (κ2) is 7.45. The SMILES string of the molecule is CCOC(CNCc1cc[nH]c1)OCC. The van der Waals surface area contributed by atoms with Crippen molar-refractivity contribution >= 4 is 0 Å². The number of ether oxygens (including phenoxy) is 2. The van der Waals surface area contributed by atoms with Gasteiger partial charge in [-0.1, -0.05) is 0 Å². The fourth-order valence-electron chi connectivity index (χ4n) is 1.34. The molecule has 0 aliphatic rings. The molecule has 15 heavy (non-hydrogen) atoms. The van der Waals surface area contributed by atoms with Crippen molar-refractivity contribution in [2.45, 2.75) is 26.7 Å². The van der Waals surface area contributed by atoms with Crippen LogP contribution in [0.3, 0.4) is 0 Å². The van der Waals surface area contributed by atoms with Crippen LogP contribution in [0.1, 0.15) is 19.4 Å². The Morgan fingerprint density at radius 1 is 1.33 bits per heavy atom. The van der Waals surface area contributed by atoms with Gasteiger partial charge in [0.2, 0.25) is 0 Å². The Morgan fingerprint density at radius 2 is 2.07 bits per heavy atom. The van der Waals surface area contributed by atoms with E-state index in [2.05, 4.69) is 10.3 Å². The summed E-state index contributed by atoms with van der Waals surface area (Å²) in [5, 5.41) is 3.29. The van der Waals surface area contributed by atoms with Crippen LogP contribution in [0.4, 0.5) is 0 Å². The lowest BCUT2D eigenvalue weighted by Gasteiger charge is -2.17. The number of rotatable bonds is 8. The summed E-state index contributed by atoms with van der Waals surface area (Å²) in [7, 11) is 0. The average Bonchev–Trinajstić information content (AvgIpc) is 2.71. The van der Waals surface area contributed by atoms with Crippen LogP contribution in [0.15, 0.2) is 18.5 Å². The van der Waals surface area contributed by atoms with Crippen LogP contribution in [-0.4, -0.2) is 31.0 Å². The normalized spacial score (nSPS) is 11.1. The fourth-order valence-corrected chi connectivity index (χ4v) is 1.34. The molecule has 0 fully saturated rings. The zero-order chi connectivity index (χ0) is 10.9. The van der Waals surface area contributed by atoms with Crippen molar-refractivity contribution < 1.29 is 9.47 Å². The van der Waals surface area contributed by atoms with Crippen LogP contribution in [0.5, 0.6) is 0 Å². The molecule has 0 saturated heterocycles. The predicted molar refractivity (Wildman–Crippen MR) is 59.5 cm³/mol. The minimum atomic E-state index is -0.140. The Hall–Kier alpha value is -0.840. The minimum Gasteiger partial charge on any atom is -0.367 e. The van der Waals surface area contributed by atoms with Gasteiger partial charge in [-0.25, -0.2) is 0 Å². The van der Waals surface area contributed by atoms with Crippen LogP contribution >= 0.6 is 0 Å². The highest BCUT2D eigenvalue weighted by Crippen LogP contribution is 1.97. The highest BCUT2D eigenvalue weighted by atomic mass is 16.7. The van der Waals surface area contributed by atoms with Gasteiger partial charge in [0.05, 0.1) is 0 Å². The Labute approximate surface area is 91.0 Å². The van der Waals surface area contributed by atoms with Crippen LogP contribution in [-0.2, 0) is 16.0 Å². The largest absolute Gasteiger partial charge is 0.367 e. The summed E-state index contributed by atoms with van der Waals surface area (Å²) in [6.07, 6.45) is 3.75. The molecule has 0 aliphatic carbocycles. The maximum atomic E-state index is 5.41. The first-order valence-corrected chi connectivity index (χ1v) is 5.42. The number of aromatic nitrogens is 1. The number of hydrogen-bond donors (Lipinski definition) is 2. The predicted octanol–water partition coefficient (Wildman–Crippen LogP) is 1.50. The molecule has 0 radical (unpaired) electrons. The first-order chi connectivity index (χ1) is 7.36. The molecule has 1 rings (SSSR count). The highest BCUT2D eigenvalue weighted by Gasteiger charge is 2.06. The Bertz CT molecular complexity index is 231. The molecule has 1 heterocycles. The van der Waals surface area contributed by atoms with Crippen molar-refractivity contribution in [3.63, 3.8) is 0 Å². The summed E-state index contributed by atoms with van der Waals surface area (Å²) in [4.78, 5) is 3.02. The van der Waals surface area contributed by atoms with E-state index in [1.165, 1.54) is 5.56 Å². The standard InChI is InChI=1S/C11H20N2O2/c1-3-14-11(15-4-2)9-13-8-10-5-6-12-7-10/h5-7,11-13H,3-4,8-9H2,1-2H3. The van der Waals surface area contributed by atoms with E-state index in [4.69, 9.17) is 9.47 Å². The summed E-state index contributed by atoms with van der Waals surface area (Å²) in [6.45, 7) is 6.84. The summed E-state index contributed by atoms with van der Waals surface area (Å²) in [5.74, 6) is 0. The van der Waals surface area contributed by atoms with Gasteiger partial charge in [0.15, 0.2) is 6.29 Å². The van der Waals surface area contributed by atoms with Crippen molar-refractivity contribution in [3.05, 3.63) is 24.0 Å². The van der Waals surface area contributed by atoms with E-state index >= 15 is 0 Å². The van der Waals surface area contributed by atoms with Crippen LogP contribution in [0.2, 0.25) is 0 Å². The van der Waals surface area contributed by atoms with Gasteiger partial charge in [-0.2, -0.15) is 0 Å². The second-order valence-electron chi connectivity index (χ2n) is 3.19. The minimum absolute atomic E-state index is 0.140. The molecule has 1 aromatic heterocycles. The lowest BCUT2D eigenvalue weighted by molar-refractivity contribution is -0.133. The third kappa shape index (κ3) is 4.97. The Balaban J connectivity index is 2.15.